The van der Waals surface area contributed by atoms with Crippen molar-refractivity contribution in [1.29, 1.82) is 0 Å². The lowest BCUT2D eigenvalue weighted by molar-refractivity contribution is 0.236. The van der Waals surface area contributed by atoms with Gasteiger partial charge in [-0.2, -0.15) is 0 Å². The zero-order chi connectivity index (χ0) is 11.1. The summed E-state index contributed by atoms with van der Waals surface area (Å²) in [5.41, 5.74) is 0.852. The highest BCUT2D eigenvalue weighted by molar-refractivity contribution is 9.10. The maximum Gasteiger partial charge on any atom is 0.322 e. The predicted octanol–water partition coefficient (Wildman–Crippen LogP) is 3.08. The normalized spacial score (nSPS) is 17.4. The molecule has 2 rings (SSSR count). The highest BCUT2D eigenvalue weighted by atomic mass is 79.9. The molecule has 1 aliphatic heterocycles. The number of anilines is 1. The zero-order valence-corrected chi connectivity index (χ0v) is 10.3. The van der Waals surface area contributed by atoms with Crippen molar-refractivity contribution < 1.29 is 4.79 Å². The summed E-state index contributed by atoms with van der Waals surface area (Å²) in [7, 11) is 0. The van der Waals surface area contributed by atoms with E-state index in [0.717, 1.165) is 16.7 Å². The zero-order valence-electron chi connectivity index (χ0n) is 8.75. The van der Waals surface area contributed by atoms with Gasteiger partial charge in [0, 0.05) is 16.7 Å². The van der Waals surface area contributed by atoms with E-state index in [2.05, 4.69) is 21.2 Å². The largest absolute Gasteiger partial charge is 0.322 e. The Kier molecular flexibility index (Phi) is 2.46. The second-order valence-corrected chi connectivity index (χ2v) is 5.25. The second kappa shape index (κ2) is 3.52. The standard InChI is InChI=1S/C11H13BrN2O/c1-11(2)7-14(11)10(15)13-9-5-3-8(12)4-6-9/h3-6H,7H2,1-2H3,(H,13,15). The maximum absolute atomic E-state index is 11.7. The lowest BCUT2D eigenvalue weighted by Crippen LogP contribution is -2.23. The Hall–Kier alpha value is -1.03. The predicted molar refractivity (Wildman–Crippen MR) is 63.9 cm³/mol. The summed E-state index contributed by atoms with van der Waals surface area (Å²) in [6.07, 6.45) is 0. The Morgan fingerprint density at radius 2 is 1.93 bits per heavy atom. The maximum atomic E-state index is 11.7. The lowest BCUT2D eigenvalue weighted by Gasteiger charge is -2.09. The second-order valence-electron chi connectivity index (χ2n) is 4.34. The first kappa shape index (κ1) is 10.5. The van der Waals surface area contributed by atoms with E-state index in [0.29, 0.717) is 0 Å². The minimum Gasteiger partial charge on any atom is -0.315 e. The van der Waals surface area contributed by atoms with Crippen LogP contribution in [0.4, 0.5) is 10.5 Å². The smallest absolute Gasteiger partial charge is 0.315 e. The molecule has 80 valence electrons. The molecule has 15 heavy (non-hydrogen) atoms. The van der Waals surface area contributed by atoms with Crippen LogP contribution in [0.2, 0.25) is 0 Å². The molecule has 1 fully saturated rings. The van der Waals surface area contributed by atoms with Crippen LogP contribution in [0.25, 0.3) is 0 Å². The average molecular weight is 269 g/mol. The Balaban J connectivity index is 1.98. The van der Waals surface area contributed by atoms with E-state index in [4.69, 9.17) is 0 Å². The van der Waals surface area contributed by atoms with Gasteiger partial charge in [0.05, 0.1) is 5.54 Å². The Morgan fingerprint density at radius 1 is 1.40 bits per heavy atom. The lowest BCUT2D eigenvalue weighted by atomic mass is 10.2. The van der Waals surface area contributed by atoms with Crippen LogP contribution < -0.4 is 5.32 Å². The van der Waals surface area contributed by atoms with Gasteiger partial charge >= 0.3 is 6.03 Å². The van der Waals surface area contributed by atoms with Gasteiger partial charge in [0.1, 0.15) is 0 Å². The summed E-state index contributed by atoms with van der Waals surface area (Å²) in [5, 5.41) is 2.85. The van der Waals surface area contributed by atoms with Gasteiger partial charge in [-0.15, -0.1) is 0 Å². The van der Waals surface area contributed by atoms with E-state index in [9.17, 15) is 4.79 Å². The highest BCUT2D eigenvalue weighted by Gasteiger charge is 2.46. The Morgan fingerprint density at radius 3 is 2.40 bits per heavy atom. The van der Waals surface area contributed by atoms with Crippen LogP contribution in [-0.2, 0) is 0 Å². The van der Waals surface area contributed by atoms with Gasteiger partial charge in [-0.1, -0.05) is 15.9 Å². The van der Waals surface area contributed by atoms with Gasteiger partial charge in [0.25, 0.3) is 0 Å². The van der Waals surface area contributed by atoms with Crippen molar-refractivity contribution in [3.05, 3.63) is 28.7 Å². The summed E-state index contributed by atoms with van der Waals surface area (Å²) < 4.78 is 1.01. The molecular weight excluding hydrogens is 256 g/mol. The summed E-state index contributed by atoms with van der Waals surface area (Å²) in [5.74, 6) is 0. The van der Waals surface area contributed by atoms with Crippen molar-refractivity contribution in [3.8, 4) is 0 Å². The van der Waals surface area contributed by atoms with E-state index in [1.807, 2.05) is 38.1 Å². The molecule has 0 saturated carbocycles. The fraction of sp³-hybridized carbons (Fsp3) is 0.364. The van der Waals surface area contributed by atoms with Gasteiger partial charge in [-0.25, -0.2) is 4.79 Å². The molecule has 2 amide bonds. The molecule has 0 bridgehead atoms. The molecule has 0 atom stereocenters. The molecule has 1 N–H and O–H groups in total. The SMILES string of the molecule is CC1(C)CN1C(=O)Nc1ccc(Br)cc1. The van der Waals surface area contributed by atoms with Gasteiger partial charge in [-0.3, -0.25) is 0 Å². The number of nitrogens with one attached hydrogen (secondary N) is 1. The van der Waals surface area contributed by atoms with Crippen molar-refractivity contribution in [1.82, 2.24) is 4.90 Å². The number of rotatable bonds is 1. The van der Waals surface area contributed by atoms with Crippen molar-refractivity contribution >= 4 is 27.6 Å². The summed E-state index contributed by atoms with van der Waals surface area (Å²) >= 11 is 3.35. The molecule has 0 radical (unpaired) electrons. The molecule has 3 nitrogen and oxygen atoms in total. The van der Waals surface area contributed by atoms with E-state index in [1.165, 1.54) is 0 Å². The summed E-state index contributed by atoms with van der Waals surface area (Å²) in [4.78, 5) is 13.5. The van der Waals surface area contributed by atoms with Crippen LogP contribution in [0.3, 0.4) is 0 Å². The van der Waals surface area contributed by atoms with Crippen LogP contribution in [0.15, 0.2) is 28.7 Å². The molecule has 1 saturated heterocycles. The van der Waals surface area contributed by atoms with Gasteiger partial charge in [0.2, 0.25) is 0 Å². The molecule has 0 spiro atoms. The average Bonchev–Trinajstić information content (AvgIpc) is 2.79. The van der Waals surface area contributed by atoms with E-state index in [1.54, 1.807) is 4.90 Å². The van der Waals surface area contributed by atoms with Crippen molar-refractivity contribution in [3.63, 3.8) is 0 Å². The molecule has 1 heterocycles. The molecule has 0 unspecified atom stereocenters. The molecule has 0 aliphatic carbocycles. The number of hydrogen-bond acceptors (Lipinski definition) is 1. The Bertz CT molecular complexity index is 386. The van der Waals surface area contributed by atoms with Crippen molar-refractivity contribution in [2.75, 3.05) is 11.9 Å². The molecule has 4 heteroatoms. The third kappa shape index (κ3) is 2.31. The highest BCUT2D eigenvalue weighted by Crippen LogP contribution is 2.31. The molecule has 1 aromatic rings. The fourth-order valence-corrected chi connectivity index (χ4v) is 1.69. The van der Waals surface area contributed by atoms with Crippen LogP contribution in [0, 0.1) is 0 Å². The first-order valence-corrected chi connectivity index (χ1v) is 5.62. The topological polar surface area (TPSA) is 32.1 Å². The number of hydrogen-bond donors (Lipinski definition) is 1. The van der Waals surface area contributed by atoms with Crippen LogP contribution in [0.5, 0.6) is 0 Å². The Labute approximate surface area is 97.6 Å². The van der Waals surface area contributed by atoms with Gasteiger partial charge in [-0.05, 0) is 38.1 Å². The fourth-order valence-electron chi connectivity index (χ4n) is 1.42. The van der Waals surface area contributed by atoms with Crippen molar-refractivity contribution in [2.45, 2.75) is 19.4 Å². The van der Waals surface area contributed by atoms with Crippen LogP contribution in [-0.4, -0.2) is 23.0 Å². The number of halogens is 1. The van der Waals surface area contributed by atoms with E-state index < -0.39 is 0 Å². The quantitative estimate of drug-likeness (QED) is 0.781. The summed E-state index contributed by atoms with van der Waals surface area (Å²) in [6, 6.07) is 7.53. The molecular formula is C11H13BrN2O. The monoisotopic (exact) mass is 268 g/mol. The van der Waals surface area contributed by atoms with Crippen molar-refractivity contribution in [2.24, 2.45) is 0 Å². The molecule has 0 aromatic heterocycles. The van der Waals surface area contributed by atoms with E-state index in [-0.39, 0.29) is 11.6 Å². The number of nitrogens with zero attached hydrogens (tertiary/aromatic N) is 1. The van der Waals surface area contributed by atoms with E-state index >= 15 is 0 Å². The van der Waals surface area contributed by atoms with Gasteiger partial charge < -0.3 is 10.2 Å². The number of carbonyl (C=O) groups excluding carboxylic acids is 1. The summed E-state index contributed by atoms with van der Waals surface area (Å²) in [6.45, 7) is 4.93. The number of carbonyl (C=O) groups is 1. The third-order valence-electron chi connectivity index (χ3n) is 2.51. The number of benzene rings is 1. The number of urea groups is 1. The molecule has 1 aliphatic rings. The third-order valence-corrected chi connectivity index (χ3v) is 3.04. The minimum atomic E-state index is -0.0256. The first-order valence-electron chi connectivity index (χ1n) is 4.83. The van der Waals surface area contributed by atoms with Gasteiger partial charge in [0.15, 0.2) is 0 Å². The first-order chi connectivity index (χ1) is 6.99. The van der Waals surface area contributed by atoms with Crippen LogP contribution >= 0.6 is 15.9 Å². The van der Waals surface area contributed by atoms with Crippen LogP contribution in [0.1, 0.15) is 13.8 Å². The minimum absolute atomic E-state index is 0.0256. The number of amides is 2. The molecule has 1 aromatic carbocycles.